The van der Waals surface area contributed by atoms with E-state index >= 15 is 0 Å². The molecule has 0 fully saturated rings. The highest BCUT2D eigenvalue weighted by Gasteiger charge is 2.17. The summed E-state index contributed by atoms with van der Waals surface area (Å²) < 4.78 is 1.13. The molecule has 0 radical (unpaired) electrons. The summed E-state index contributed by atoms with van der Waals surface area (Å²) in [5.74, 6) is 0.776. The summed E-state index contributed by atoms with van der Waals surface area (Å²) in [7, 11) is 0. The first-order valence-electron chi connectivity index (χ1n) is 7.17. The summed E-state index contributed by atoms with van der Waals surface area (Å²) in [6.45, 7) is 0. The molecular formula is C17H11Cl2N3S2. The Kier molecular flexibility index (Phi) is 4.50. The van der Waals surface area contributed by atoms with E-state index in [1.165, 1.54) is 0 Å². The minimum atomic E-state index is 0.679. The minimum absolute atomic E-state index is 0.679. The molecular weight excluding hydrogens is 381 g/mol. The van der Waals surface area contributed by atoms with Crippen molar-refractivity contribution in [3.63, 3.8) is 0 Å². The molecule has 0 aliphatic carbocycles. The number of benzene rings is 2. The zero-order valence-electron chi connectivity index (χ0n) is 12.3. The molecule has 3 aromatic rings. The molecule has 120 valence electrons. The molecule has 3 nitrogen and oxygen atoms in total. The first-order valence-corrected chi connectivity index (χ1v) is 9.72. The van der Waals surface area contributed by atoms with Gasteiger partial charge in [-0.1, -0.05) is 46.7 Å². The monoisotopic (exact) mass is 391 g/mol. The molecule has 2 aromatic carbocycles. The van der Waals surface area contributed by atoms with Crippen LogP contribution in [0, 0.1) is 0 Å². The van der Waals surface area contributed by atoms with E-state index in [0.717, 1.165) is 37.1 Å². The van der Waals surface area contributed by atoms with Gasteiger partial charge in [0.05, 0.1) is 21.5 Å². The van der Waals surface area contributed by atoms with Crippen LogP contribution in [0.5, 0.6) is 0 Å². The molecule has 0 unspecified atom stereocenters. The number of fused-ring (bicyclic) bond motifs is 2. The number of nitrogens with zero attached hydrogens (tertiary/aromatic N) is 2. The molecule has 24 heavy (non-hydrogen) atoms. The fourth-order valence-corrected chi connectivity index (χ4v) is 4.78. The van der Waals surface area contributed by atoms with Gasteiger partial charge < -0.3 is 0 Å². The van der Waals surface area contributed by atoms with E-state index in [-0.39, 0.29) is 0 Å². The Morgan fingerprint density at radius 1 is 1.17 bits per heavy atom. The van der Waals surface area contributed by atoms with Gasteiger partial charge in [0, 0.05) is 26.8 Å². The third-order valence-electron chi connectivity index (χ3n) is 3.52. The van der Waals surface area contributed by atoms with Crippen molar-refractivity contribution in [2.45, 2.75) is 4.90 Å². The van der Waals surface area contributed by atoms with Crippen molar-refractivity contribution in [2.24, 2.45) is 5.10 Å². The molecule has 0 atom stereocenters. The second kappa shape index (κ2) is 6.76. The van der Waals surface area contributed by atoms with Crippen LogP contribution in [0.3, 0.4) is 0 Å². The number of rotatable bonds is 3. The van der Waals surface area contributed by atoms with Crippen LogP contribution in [0.1, 0.15) is 5.56 Å². The number of hydrogen-bond donors (Lipinski definition) is 1. The molecule has 4 rings (SSSR count). The number of aromatic nitrogens is 1. The van der Waals surface area contributed by atoms with E-state index in [2.05, 4.69) is 15.5 Å². The fourth-order valence-electron chi connectivity index (χ4n) is 2.37. The van der Waals surface area contributed by atoms with Gasteiger partial charge in [0.25, 0.3) is 0 Å². The third-order valence-corrected chi connectivity index (χ3v) is 6.26. The van der Waals surface area contributed by atoms with Crippen molar-refractivity contribution in [1.29, 1.82) is 0 Å². The average Bonchev–Trinajstić information content (AvgIpc) is 3.00. The number of hydrogen-bond acceptors (Lipinski definition) is 5. The molecule has 0 saturated heterocycles. The predicted octanol–water partition coefficient (Wildman–Crippen LogP) is 6.10. The lowest BCUT2D eigenvalue weighted by Gasteiger charge is -2.17. The lowest BCUT2D eigenvalue weighted by atomic mass is 10.1. The first kappa shape index (κ1) is 16.0. The van der Waals surface area contributed by atoms with Crippen molar-refractivity contribution < 1.29 is 0 Å². The maximum Gasteiger partial charge on any atom is 0.204 e. The standard InChI is InChI=1S/C17H11Cl2N3S2/c18-11-5-6-14-12(7-11)16(19)10(9-23-14)8-20-22-17-21-13-3-1-2-4-15(13)24-17/h1-8H,9H2,(H,21,22). The van der Waals surface area contributed by atoms with Gasteiger partial charge in [0.15, 0.2) is 0 Å². The van der Waals surface area contributed by atoms with E-state index in [1.54, 1.807) is 29.3 Å². The normalized spacial score (nSPS) is 14.4. The summed E-state index contributed by atoms with van der Waals surface area (Å²) in [6.07, 6.45) is 1.76. The molecule has 0 amide bonds. The second-order valence-electron chi connectivity index (χ2n) is 5.13. The Hall–Kier alpha value is -1.53. The Morgan fingerprint density at radius 3 is 2.92 bits per heavy atom. The van der Waals surface area contributed by atoms with Crippen LogP contribution >= 0.6 is 46.3 Å². The van der Waals surface area contributed by atoms with Crippen LogP contribution in [-0.4, -0.2) is 17.0 Å². The van der Waals surface area contributed by atoms with Crippen LogP contribution < -0.4 is 5.43 Å². The number of thiazole rings is 1. The second-order valence-corrected chi connectivity index (χ2v) is 7.99. The Labute approximate surface area is 157 Å². The highest BCUT2D eigenvalue weighted by Crippen LogP contribution is 2.39. The Balaban J connectivity index is 1.56. The van der Waals surface area contributed by atoms with Crippen LogP contribution in [0.4, 0.5) is 5.13 Å². The van der Waals surface area contributed by atoms with Gasteiger partial charge in [-0.3, -0.25) is 5.43 Å². The summed E-state index contributed by atoms with van der Waals surface area (Å²) in [5.41, 5.74) is 5.88. The smallest absolute Gasteiger partial charge is 0.204 e. The van der Waals surface area contributed by atoms with E-state index < -0.39 is 0 Å². The quantitative estimate of drug-likeness (QED) is 0.432. The SMILES string of the molecule is ClC1=C(C=NNc2nc3ccccc3s2)CSc2ccc(Cl)cc21. The minimum Gasteiger partial charge on any atom is -0.253 e. The maximum atomic E-state index is 6.51. The van der Waals surface area contributed by atoms with Gasteiger partial charge in [0.1, 0.15) is 0 Å². The third kappa shape index (κ3) is 3.17. The molecule has 0 saturated carbocycles. The van der Waals surface area contributed by atoms with E-state index in [4.69, 9.17) is 23.2 Å². The molecule has 1 aliphatic rings. The average molecular weight is 392 g/mol. The topological polar surface area (TPSA) is 37.3 Å². The molecule has 1 aliphatic heterocycles. The first-order chi connectivity index (χ1) is 11.7. The lowest BCUT2D eigenvalue weighted by molar-refractivity contribution is 1.30. The van der Waals surface area contributed by atoms with Gasteiger partial charge >= 0.3 is 0 Å². The summed E-state index contributed by atoms with van der Waals surface area (Å²) >= 11 is 15.9. The van der Waals surface area contributed by atoms with E-state index in [0.29, 0.717) is 10.1 Å². The number of para-hydroxylation sites is 1. The van der Waals surface area contributed by atoms with Gasteiger partial charge in [0.2, 0.25) is 5.13 Å². The number of nitrogens with one attached hydrogen (secondary N) is 1. The Bertz CT molecular complexity index is 946. The van der Waals surface area contributed by atoms with Crippen LogP contribution in [0.15, 0.2) is 58.0 Å². The van der Waals surface area contributed by atoms with Gasteiger partial charge in [-0.2, -0.15) is 5.10 Å². The largest absolute Gasteiger partial charge is 0.253 e. The van der Waals surface area contributed by atoms with E-state index in [1.807, 2.05) is 42.5 Å². The molecule has 0 spiro atoms. The van der Waals surface area contributed by atoms with Crippen molar-refractivity contribution in [3.8, 4) is 0 Å². The molecule has 1 aromatic heterocycles. The highest BCUT2D eigenvalue weighted by atomic mass is 35.5. The van der Waals surface area contributed by atoms with Gasteiger partial charge in [-0.25, -0.2) is 4.98 Å². The number of halogens is 2. The van der Waals surface area contributed by atoms with Crippen molar-refractivity contribution in [2.75, 3.05) is 11.2 Å². The van der Waals surface area contributed by atoms with Crippen molar-refractivity contribution >= 4 is 72.9 Å². The zero-order valence-corrected chi connectivity index (χ0v) is 15.4. The maximum absolute atomic E-state index is 6.51. The predicted molar refractivity (Wildman–Crippen MR) is 107 cm³/mol. The van der Waals surface area contributed by atoms with Crippen LogP contribution in [-0.2, 0) is 0 Å². The molecule has 7 heteroatoms. The zero-order chi connectivity index (χ0) is 16.5. The molecule has 2 heterocycles. The van der Waals surface area contributed by atoms with Crippen molar-refractivity contribution in [1.82, 2.24) is 4.98 Å². The highest BCUT2D eigenvalue weighted by molar-refractivity contribution is 7.99. The fraction of sp³-hybridized carbons (Fsp3) is 0.0588. The summed E-state index contributed by atoms with van der Waals surface area (Å²) in [5, 5.41) is 6.43. The van der Waals surface area contributed by atoms with Crippen molar-refractivity contribution in [3.05, 3.63) is 58.6 Å². The van der Waals surface area contributed by atoms with Crippen LogP contribution in [0.25, 0.3) is 15.2 Å². The lowest BCUT2D eigenvalue weighted by Crippen LogP contribution is -2.02. The Morgan fingerprint density at radius 2 is 2.04 bits per heavy atom. The number of thioether (sulfide) groups is 1. The van der Waals surface area contributed by atoms with Crippen LogP contribution in [0.2, 0.25) is 5.02 Å². The number of anilines is 1. The van der Waals surface area contributed by atoms with E-state index in [9.17, 15) is 0 Å². The molecule has 0 bridgehead atoms. The summed E-state index contributed by atoms with van der Waals surface area (Å²) in [6, 6.07) is 13.8. The summed E-state index contributed by atoms with van der Waals surface area (Å²) in [4.78, 5) is 5.62. The molecule has 1 N–H and O–H groups in total. The van der Waals surface area contributed by atoms with Gasteiger partial charge in [-0.05, 0) is 30.3 Å². The number of hydrazone groups is 1. The van der Waals surface area contributed by atoms with Gasteiger partial charge in [-0.15, -0.1) is 11.8 Å².